The molecule has 0 fully saturated rings. The molecule has 4 aromatic rings. The van der Waals surface area contributed by atoms with Gasteiger partial charge in [0.25, 0.3) is 5.56 Å². The Kier molecular flexibility index (Phi) is 5.03. The summed E-state index contributed by atoms with van der Waals surface area (Å²) in [5.74, 6) is 3.17. The molecule has 0 saturated heterocycles. The number of hydrogen-bond donors (Lipinski definition) is 1. The van der Waals surface area contributed by atoms with E-state index in [1.807, 2.05) is 24.3 Å². The summed E-state index contributed by atoms with van der Waals surface area (Å²) in [5, 5.41) is 1.20. The molecule has 0 radical (unpaired) electrons. The summed E-state index contributed by atoms with van der Waals surface area (Å²) in [6, 6.07) is 11.1. The van der Waals surface area contributed by atoms with Crippen LogP contribution in [0, 0.1) is 5.92 Å². The van der Waals surface area contributed by atoms with Crippen molar-refractivity contribution in [1.29, 1.82) is 0 Å². The highest BCUT2D eigenvalue weighted by molar-refractivity contribution is 7.18. The average Bonchev–Trinajstić information content (AvgIpc) is 3.41. The first kappa shape index (κ1) is 20.6. The molecule has 168 valence electrons. The van der Waals surface area contributed by atoms with Gasteiger partial charge in [0.05, 0.1) is 10.4 Å². The maximum Gasteiger partial charge on any atom is 0.260 e. The molecule has 0 amide bonds. The first-order chi connectivity index (χ1) is 16.0. The third-order valence-electron chi connectivity index (χ3n) is 6.20. The number of nitrogens with one attached hydrogen (secondary N) is 1. The highest BCUT2D eigenvalue weighted by Gasteiger charge is 2.23. The maximum atomic E-state index is 12.9. The Hall–Kier alpha value is -3.03. The maximum absolute atomic E-state index is 12.9. The van der Waals surface area contributed by atoms with Crippen LogP contribution in [0.5, 0.6) is 17.2 Å². The van der Waals surface area contributed by atoms with Crippen LogP contribution in [-0.2, 0) is 19.4 Å². The van der Waals surface area contributed by atoms with Crippen LogP contribution in [0.3, 0.4) is 0 Å². The van der Waals surface area contributed by atoms with Gasteiger partial charge in [-0.1, -0.05) is 24.6 Å². The molecule has 1 atom stereocenters. The molecule has 0 saturated carbocycles. The normalized spacial score (nSPS) is 16.7. The third kappa shape index (κ3) is 3.75. The van der Waals surface area contributed by atoms with Crippen molar-refractivity contribution in [2.24, 2.45) is 5.92 Å². The van der Waals surface area contributed by atoms with E-state index in [2.05, 4.69) is 11.9 Å². The zero-order chi connectivity index (χ0) is 22.5. The highest BCUT2D eigenvalue weighted by Crippen LogP contribution is 2.37. The predicted molar refractivity (Wildman–Crippen MR) is 129 cm³/mol. The molecule has 2 aromatic heterocycles. The largest absolute Gasteiger partial charge is 0.487 e. The zero-order valence-corrected chi connectivity index (χ0v) is 19.5. The Morgan fingerprint density at radius 1 is 1.21 bits per heavy atom. The number of benzene rings is 2. The van der Waals surface area contributed by atoms with E-state index in [0.29, 0.717) is 34.9 Å². The van der Waals surface area contributed by atoms with Crippen LogP contribution < -0.4 is 19.8 Å². The van der Waals surface area contributed by atoms with E-state index in [9.17, 15) is 4.79 Å². The Morgan fingerprint density at radius 3 is 2.97 bits per heavy atom. The number of ether oxygens (including phenoxy) is 3. The number of nitrogens with zero attached hydrogens (tertiary/aromatic N) is 1. The molecule has 0 spiro atoms. The SMILES string of the molecule is CC1CCc2c(sc3nc(-c4ccc(OCc5ccc6c(c5)OCO6)c(Cl)c4)[nH]c(=O)c23)C1. The fraction of sp³-hybridized carbons (Fsp3) is 0.280. The van der Waals surface area contributed by atoms with E-state index in [-0.39, 0.29) is 12.4 Å². The molecule has 6 rings (SSSR count). The van der Waals surface area contributed by atoms with Gasteiger partial charge in [0.1, 0.15) is 23.0 Å². The lowest BCUT2D eigenvalue weighted by atomic mass is 9.89. The first-order valence-corrected chi connectivity index (χ1v) is 12.1. The van der Waals surface area contributed by atoms with Crippen molar-refractivity contribution >= 4 is 33.2 Å². The third-order valence-corrected chi connectivity index (χ3v) is 7.65. The number of aromatic amines is 1. The summed E-state index contributed by atoms with van der Waals surface area (Å²) in [6.07, 6.45) is 3.08. The van der Waals surface area contributed by atoms with Crippen molar-refractivity contribution < 1.29 is 14.2 Å². The average molecular weight is 481 g/mol. The van der Waals surface area contributed by atoms with Gasteiger partial charge in [-0.3, -0.25) is 4.79 Å². The second kappa shape index (κ2) is 8.08. The highest BCUT2D eigenvalue weighted by atomic mass is 35.5. The Labute approximate surface area is 199 Å². The number of hydrogen-bond acceptors (Lipinski definition) is 6. The smallest absolute Gasteiger partial charge is 0.260 e. The minimum Gasteiger partial charge on any atom is -0.487 e. The monoisotopic (exact) mass is 480 g/mol. The topological polar surface area (TPSA) is 73.4 Å². The van der Waals surface area contributed by atoms with Crippen LogP contribution in [0.2, 0.25) is 5.02 Å². The van der Waals surface area contributed by atoms with E-state index in [1.54, 1.807) is 23.5 Å². The number of aryl methyl sites for hydroxylation is 1. The number of thiophene rings is 1. The summed E-state index contributed by atoms with van der Waals surface area (Å²) in [7, 11) is 0. The summed E-state index contributed by atoms with van der Waals surface area (Å²) < 4.78 is 16.7. The van der Waals surface area contributed by atoms with Crippen LogP contribution in [0.1, 0.15) is 29.3 Å². The molecule has 3 heterocycles. The van der Waals surface area contributed by atoms with E-state index in [0.717, 1.165) is 46.4 Å². The quantitative estimate of drug-likeness (QED) is 0.403. The van der Waals surface area contributed by atoms with Gasteiger partial charge < -0.3 is 19.2 Å². The molecule has 33 heavy (non-hydrogen) atoms. The number of H-pyrrole nitrogens is 1. The molecule has 1 N–H and O–H groups in total. The number of aromatic nitrogens is 2. The molecule has 8 heteroatoms. The molecule has 2 aliphatic rings. The standard InChI is InChI=1S/C25H21ClN2O4S/c1-13-2-5-16-21(8-13)33-25-22(16)24(29)27-23(28-25)15-4-7-18(17(26)10-15)30-11-14-3-6-19-20(9-14)32-12-31-19/h3-4,6-7,9-10,13H,2,5,8,11-12H2,1H3,(H,27,28,29). The van der Waals surface area contributed by atoms with Crippen molar-refractivity contribution in [3.8, 4) is 28.6 Å². The van der Waals surface area contributed by atoms with Crippen LogP contribution >= 0.6 is 22.9 Å². The molecule has 1 aliphatic heterocycles. The van der Waals surface area contributed by atoms with Crippen molar-refractivity contribution in [2.75, 3.05) is 6.79 Å². The molecule has 0 bridgehead atoms. The van der Waals surface area contributed by atoms with Crippen molar-refractivity contribution in [1.82, 2.24) is 9.97 Å². The van der Waals surface area contributed by atoms with Crippen LogP contribution in [-0.4, -0.2) is 16.8 Å². The van der Waals surface area contributed by atoms with Crippen LogP contribution in [0.4, 0.5) is 0 Å². The fourth-order valence-corrected chi connectivity index (χ4v) is 6.06. The summed E-state index contributed by atoms with van der Waals surface area (Å²) >= 11 is 8.15. The van der Waals surface area contributed by atoms with Crippen molar-refractivity contribution in [3.05, 3.63) is 67.8 Å². The van der Waals surface area contributed by atoms with Gasteiger partial charge in [0.15, 0.2) is 11.5 Å². The second-order valence-electron chi connectivity index (χ2n) is 8.57. The Bertz CT molecular complexity index is 1440. The summed E-state index contributed by atoms with van der Waals surface area (Å²) in [4.78, 5) is 22.7. The van der Waals surface area contributed by atoms with Crippen LogP contribution in [0.25, 0.3) is 21.6 Å². The van der Waals surface area contributed by atoms with Crippen molar-refractivity contribution in [2.45, 2.75) is 32.8 Å². The summed E-state index contributed by atoms with van der Waals surface area (Å²) in [6.45, 7) is 2.84. The number of halogens is 1. The van der Waals surface area contributed by atoms with Crippen LogP contribution in [0.15, 0.2) is 41.2 Å². The predicted octanol–water partition coefficient (Wildman–Crippen LogP) is 5.74. The van der Waals surface area contributed by atoms with Gasteiger partial charge in [0, 0.05) is 10.4 Å². The minimum atomic E-state index is -0.0821. The molecule has 1 unspecified atom stereocenters. The molecule has 6 nitrogen and oxygen atoms in total. The van der Waals surface area contributed by atoms with Gasteiger partial charge in [0.2, 0.25) is 6.79 Å². The molecular weight excluding hydrogens is 460 g/mol. The molecule has 1 aliphatic carbocycles. The first-order valence-electron chi connectivity index (χ1n) is 10.9. The Morgan fingerprint density at radius 2 is 2.09 bits per heavy atom. The van der Waals surface area contributed by atoms with E-state index >= 15 is 0 Å². The van der Waals surface area contributed by atoms with Gasteiger partial charge in [-0.05, 0) is 66.6 Å². The number of rotatable bonds is 4. The van der Waals surface area contributed by atoms with Gasteiger partial charge in [-0.15, -0.1) is 11.3 Å². The van der Waals surface area contributed by atoms with Crippen molar-refractivity contribution in [3.63, 3.8) is 0 Å². The van der Waals surface area contributed by atoms with E-state index in [1.165, 1.54) is 10.4 Å². The Balaban J connectivity index is 1.26. The zero-order valence-electron chi connectivity index (χ0n) is 17.9. The van der Waals surface area contributed by atoms with Gasteiger partial charge in [-0.2, -0.15) is 0 Å². The number of fused-ring (bicyclic) bond motifs is 4. The van der Waals surface area contributed by atoms with Gasteiger partial charge >= 0.3 is 0 Å². The lowest BCUT2D eigenvalue weighted by Crippen LogP contribution is -2.13. The van der Waals surface area contributed by atoms with Gasteiger partial charge in [-0.25, -0.2) is 4.98 Å². The lowest BCUT2D eigenvalue weighted by molar-refractivity contribution is 0.174. The molecule has 2 aromatic carbocycles. The minimum absolute atomic E-state index is 0.0821. The fourth-order valence-electron chi connectivity index (χ4n) is 4.44. The second-order valence-corrected chi connectivity index (χ2v) is 10.1. The lowest BCUT2D eigenvalue weighted by Gasteiger charge is -2.17. The van der Waals surface area contributed by atoms with E-state index in [4.69, 9.17) is 30.8 Å². The molecular formula is C25H21ClN2O4S. The summed E-state index contributed by atoms with van der Waals surface area (Å²) in [5.41, 5.74) is 2.79. The van der Waals surface area contributed by atoms with E-state index < -0.39 is 0 Å².